The van der Waals surface area contributed by atoms with Gasteiger partial charge in [-0.25, -0.2) is 0 Å². The van der Waals surface area contributed by atoms with Crippen LogP contribution in [-0.4, -0.2) is 0 Å². The Bertz CT molecular complexity index is 2240. The predicted molar refractivity (Wildman–Crippen MR) is 220 cm³/mol. The van der Waals surface area contributed by atoms with Crippen LogP contribution in [0.2, 0.25) is 0 Å². The fourth-order valence-corrected chi connectivity index (χ4v) is 6.54. The maximum Gasteiger partial charge on any atom is 0.0460 e. The highest BCUT2D eigenvalue weighted by Gasteiger charge is 2.17. The molecule has 1 aliphatic rings. The number of nitrogens with one attached hydrogen (secondary N) is 2. The molecule has 0 saturated carbocycles. The number of rotatable bonds is 11. The molecule has 0 aromatic heterocycles. The van der Waals surface area contributed by atoms with E-state index in [4.69, 9.17) is 0 Å². The highest BCUT2D eigenvalue weighted by molar-refractivity contribution is 5.91. The van der Waals surface area contributed by atoms with Gasteiger partial charge >= 0.3 is 0 Å². The fraction of sp³-hybridized carbons (Fsp3) is 0.0612. The number of allylic oxidation sites excluding steroid dienone is 8. The van der Waals surface area contributed by atoms with Crippen molar-refractivity contribution in [3.05, 3.63) is 223 Å². The maximum absolute atomic E-state index is 4.51. The summed E-state index contributed by atoms with van der Waals surface area (Å²) in [4.78, 5) is 0. The first-order valence-corrected chi connectivity index (χ1v) is 17.6. The van der Waals surface area contributed by atoms with E-state index in [1.807, 2.05) is 24.3 Å². The van der Waals surface area contributed by atoms with E-state index in [1.54, 1.807) is 0 Å². The van der Waals surface area contributed by atoms with Crippen molar-refractivity contribution in [2.24, 2.45) is 5.92 Å². The standard InChI is InChI=1S/C49H42N2/c1-36-30-44(34-45(31-36)48-26-12-13-27-49(48)51-47-24-10-5-11-25-47)42-21-14-18-39(32-42)37(2)28-29-43(35-50-46-22-8-4-9-23-46)41-20-15-19-40(33-41)38-16-6-3-7-17-38/h3-30,32-36,50-51H,2,31H2,1H3/b29-28-,43-35+/t36-/m1/s1. The van der Waals surface area contributed by atoms with Crippen LogP contribution in [0.15, 0.2) is 201 Å². The van der Waals surface area contributed by atoms with Crippen molar-refractivity contribution < 1.29 is 0 Å². The van der Waals surface area contributed by atoms with Gasteiger partial charge < -0.3 is 10.6 Å². The summed E-state index contributed by atoms with van der Waals surface area (Å²) >= 11 is 0. The van der Waals surface area contributed by atoms with Crippen LogP contribution in [0.3, 0.4) is 0 Å². The van der Waals surface area contributed by atoms with Crippen molar-refractivity contribution in [1.82, 2.24) is 0 Å². The van der Waals surface area contributed by atoms with Gasteiger partial charge in [0.2, 0.25) is 0 Å². The molecular weight excluding hydrogens is 617 g/mol. The first-order chi connectivity index (χ1) is 25.1. The molecule has 6 aromatic carbocycles. The number of benzene rings is 6. The minimum Gasteiger partial charge on any atom is -0.361 e. The zero-order valence-electron chi connectivity index (χ0n) is 29.0. The molecule has 6 aromatic rings. The summed E-state index contributed by atoms with van der Waals surface area (Å²) in [5.74, 6) is 0.410. The molecule has 0 amide bonds. The second kappa shape index (κ2) is 15.9. The zero-order chi connectivity index (χ0) is 34.8. The molecule has 1 atom stereocenters. The molecule has 51 heavy (non-hydrogen) atoms. The van der Waals surface area contributed by atoms with Crippen molar-refractivity contribution in [3.8, 4) is 11.1 Å². The van der Waals surface area contributed by atoms with Crippen molar-refractivity contribution in [3.63, 3.8) is 0 Å². The van der Waals surface area contributed by atoms with E-state index in [0.717, 1.165) is 45.8 Å². The molecular formula is C49H42N2. The van der Waals surface area contributed by atoms with E-state index in [0.29, 0.717) is 5.92 Å². The normalized spacial score (nSPS) is 14.5. The molecule has 2 heteroatoms. The van der Waals surface area contributed by atoms with Crippen molar-refractivity contribution in [2.45, 2.75) is 13.3 Å². The number of hydrogen-bond donors (Lipinski definition) is 2. The molecule has 1 aliphatic carbocycles. The Hall–Kier alpha value is -6.38. The van der Waals surface area contributed by atoms with Gasteiger partial charge in [0.1, 0.15) is 0 Å². The van der Waals surface area contributed by atoms with Gasteiger partial charge in [-0.3, -0.25) is 0 Å². The van der Waals surface area contributed by atoms with Gasteiger partial charge in [-0.2, -0.15) is 0 Å². The monoisotopic (exact) mass is 658 g/mol. The smallest absolute Gasteiger partial charge is 0.0460 e. The summed E-state index contributed by atoms with van der Waals surface area (Å²) in [5.41, 5.74) is 14.9. The van der Waals surface area contributed by atoms with Crippen LogP contribution < -0.4 is 10.6 Å². The van der Waals surface area contributed by atoms with E-state index in [1.165, 1.54) is 33.4 Å². The van der Waals surface area contributed by atoms with Gasteiger partial charge in [-0.15, -0.1) is 0 Å². The highest BCUT2D eigenvalue weighted by Crippen LogP contribution is 2.38. The Morgan fingerprint density at radius 1 is 0.608 bits per heavy atom. The summed E-state index contributed by atoms with van der Waals surface area (Å²) in [5, 5.41) is 7.13. The lowest BCUT2D eigenvalue weighted by Crippen LogP contribution is -2.03. The van der Waals surface area contributed by atoms with E-state index < -0.39 is 0 Å². The quantitative estimate of drug-likeness (QED) is 0.135. The van der Waals surface area contributed by atoms with E-state index in [2.05, 4.69) is 194 Å². The lowest BCUT2D eigenvalue weighted by atomic mass is 9.84. The summed E-state index contributed by atoms with van der Waals surface area (Å²) in [6.07, 6.45) is 12.1. The number of hydrogen-bond acceptors (Lipinski definition) is 2. The molecule has 0 bridgehead atoms. The van der Waals surface area contributed by atoms with E-state index >= 15 is 0 Å². The Morgan fingerprint density at radius 2 is 1.22 bits per heavy atom. The molecule has 0 fully saturated rings. The lowest BCUT2D eigenvalue weighted by Gasteiger charge is -2.22. The third kappa shape index (κ3) is 8.44. The Balaban J connectivity index is 1.16. The minimum absolute atomic E-state index is 0.410. The van der Waals surface area contributed by atoms with Crippen LogP contribution in [0.4, 0.5) is 17.1 Å². The highest BCUT2D eigenvalue weighted by atomic mass is 14.9. The predicted octanol–water partition coefficient (Wildman–Crippen LogP) is 13.3. The third-order valence-corrected chi connectivity index (χ3v) is 9.16. The van der Waals surface area contributed by atoms with Crippen LogP contribution in [0.5, 0.6) is 0 Å². The zero-order valence-corrected chi connectivity index (χ0v) is 29.0. The first kappa shape index (κ1) is 33.1. The molecule has 248 valence electrons. The SMILES string of the molecule is C=C(/C=C\C(=C/Nc1ccccc1)c1cccc(-c2ccccc2)c1)c1cccc(C2=C[C@@H](C)CC(c3ccccc3Nc3ccccc3)=C2)c1. The van der Waals surface area contributed by atoms with Crippen LogP contribution in [0.25, 0.3) is 33.4 Å². The molecule has 0 heterocycles. The van der Waals surface area contributed by atoms with E-state index in [9.17, 15) is 0 Å². The average molecular weight is 659 g/mol. The van der Waals surface area contributed by atoms with Crippen LogP contribution in [0.1, 0.15) is 35.6 Å². The van der Waals surface area contributed by atoms with E-state index in [-0.39, 0.29) is 0 Å². The van der Waals surface area contributed by atoms with Crippen molar-refractivity contribution in [2.75, 3.05) is 10.6 Å². The van der Waals surface area contributed by atoms with Gasteiger partial charge in [0.25, 0.3) is 0 Å². The molecule has 0 radical (unpaired) electrons. The summed E-state index contributed by atoms with van der Waals surface area (Å²) in [6, 6.07) is 57.2. The minimum atomic E-state index is 0.410. The van der Waals surface area contributed by atoms with Crippen LogP contribution in [-0.2, 0) is 0 Å². The summed E-state index contributed by atoms with van der Waals surface area (Å²) in [7, 11) is 0. The van der Waals surface area contributed by atoms with Crippen LogP contribution in [0, 0.1) is 5.92 Å². The second-order valence-corrected chi connectivity index (χ2v) is 13.0. The average Bonchev–Trinajstić information content (AvgIpc) is 3.19. The fourth-order valence-electron chi connectivity index (χ4n) is 6.54. The molecule has 2 N–H and O–H groups in total. The molecule has 0 aliphatic heterocycles. The Morgan fingerprint density at radius 3 is 1.98 bits per heavy atom. The molecule has 7 rings (SSSR count). The topological polar surface area (TPSA) is 24.1 Å². The van der Waals surface area contributed by atoms with Crippen LogP contribution >= 0.6 is 0 Å². The van der Waals surface area contributed by atoms with Gasteiger partial charge in [-0.05, 0) is 105 Å². The Kier molecular flexibility index (Phi) is 10.3. The number of anilines is 3. The molecule has 0 saturated heterocycles. The van der Waals surface area contributed by atoms with Crippen molar-refractivity contribution >= 4 is 39.4 Å². The van der Waals surface area contributed by atoms with Gasteiger partial charge in [0, 0.05) is 28.8 Å². The van der Waals surface area contributed by atoms with Crippen molar-refractivity contribution in [1.29, 1.82) is 0 Å². The second-order valence-electron chi connectivity index (χ2n) is 13.0. The maximum atomic E-state index is 4.51. The Labute approximate surface area is 302 Å². The largest absolute Gasteiger partial charge is 0.361 e. The van der Waals surface area contributed by atoms with Gasteiger partial charge in [-0.1, -0.05) is 159 Å². The summed E-state index contributed by atoms with van der Waals surface area (Å²) in [6.45, 7) is 6.81. The molecule has 0 spiro atoms. The lowest BCUT2D eigenvalue weighted by molar-refractivity contribution is 0.752. The first-order valence-electron chi connectivity index (χ1n) is 17.6. The molecule has 0 unspecified atom stereocenters. The third-order valence-electron chi connectivity index (χ3n) is 9.16. The van der Waals surface area contributed by atoms with Gasteiger partial charge in [0.15, 0.2) is 0 Å². The number of para-hydroxylation sites is 3. The molecule has 2 nitrogen and oxygen atoms in total. The van der Waals surface area contributed by atoms with Gasteiger partial charge in [0.05, 0.1) is 0 Å². The summed E-state index contributed by atoms with van der Waals surface area (Å²) < 4.78 is 0.